The van der Waals surface area contributed by atoms with Gasteiger partial charge in [-0.2, -0.15) is 4.31 Å². The highest BCUT2D eigenvalue weighted by molar-refractivity contribution is 7.93. The zero-order chi connectivity index (χ0) is 31.6. The van der Waals surface area contributed by atoms with E-state index in [0.717, 1.165) is 7.11 Å². The van der Waals surface area contributed by atoms with E-state index in [1.807, 2.05) is 0 Å². The summed E-state index contributed by atoms with van der Waals surface area (Å²) in [6, 6.07) is 22.3. The number of amides is 3. The molecule has 0 radical (unpaired) electrons. The van der Waals surface area contributed by atoms with Gasteiger partial charge >= 0.3 is 12.2 Å². The summed E-state index contributed by atoms with van der Waals surface area (Å²) in [5.41, 5.74) is -1.96. The zero-order valence-corrected chi connectivity index (χ0v) is 25.4. The minimum Gasteiger partial charge on any atom is -0.495 e. The Kier molecular flexibility index (Phi) is 8.42. The van der Waals surface area contributed by atoms with E-state index in [1.54, 1.807) is 42.5 Å². The Labute approximate surface area is 262 Å². The van der Waals surface area contributed by atoms with Crippen LogP contribution in [0.2, 0.25) is 10.0 Å². The van der Waals surface area contributed by atoms with E-state index in [0.29, 0.717) is 10.1 Å². The number of hydrogen-bond donors (Lipinski definition) is 2. The molecule has 4 aromatic carbocycles. The highest BCUT2D eigenvalue weighted by Crippen LogP contribution is 2.50. The number of hydrogen-bond acceptors (Lipinski definition) is 8. The SMILES string of the molecule is COC(=O)NC1(c2ccccc2Cl)C(=O)N(S(=O)(=O)c2ccc(NC(=O)Oc3ccccc3)cc2OC)c2ccc(Cl)cc21. The fourth-order valence-corrected chi connectivity index (χ4v) is 6.87. The van der Waals surface area contributed by atoms with Crippen molar-refractivity contribution in [2.45, 2.75) is 10.4 Å². The molecule has 1 aliphatic rings. The minimum absolute atomic E-state index is 0.0398. The van der Waals surface area contributed by atoms with E-state index in [-0.39, 0.29) is 38.3 Å². The maximum Gasteiger partial charge on any atom is 0.417 e. The van der Waals surface area contributed by atoms with Crippen molar-refractivity contribution in [1.29, 1.82) is 0 Å². The lowest BCUT2D eigenvalue weighted by Crippen LogP contribution is -2.54. The number of anilines is 2. The number of nitrogens with zero attached hydrogens (tertiary/aromatic N) is 1. The Morgan fingerprint density at radius 3 is 2.23 bits per heavy atom. The molecule has 5 rings (SSSR count). The van der Waals surface area contributed by atoms with Crippen LogP contribution in [0.3, 0.4) is 0 Å². The molecule has 11 nitrogen and oxygen atoms in total. The number of carbonyl (C=O) groups is 3. The van der Waals surface area contributed by atoms with Crippen molar-refractivity contribution in [3.05, 3.63) is 112 Å². The van der Waals surface area contributed by atoms with E-state index in [2.05, 4.69) is 10.6 Å². The minimum atomic E-state index is -4.75. The Hall–Kier alpha value is -4.78. The first-order valence-corrected chi connectivity index (χ1v) is 15.0. The predicted octanol–water partition coefficient (Wildman–Crippen LogP) is 5.95. The number of carbonyl (C=O) groups excluding carboxylic acids is 3. The fourth-order valence-electron chi connectivity index (χ4n) is 4.81. The summed E-state index contributed by atoms with van der Waals surface area (Å²) in [6.07, 6.45) is -1.85. The van der Waals surface area contributed by atoms with Crippen LogP contribution in [-0.2, 0) is 25.1 Å². The largest absolute Gasteiger partial charge is 0.495 e. The lowest BCUT2D eigenvalue weighted by Gasteiger charge is -2.30. The van der Waals surface area contributed by atoms with Crippen LogP contribution in [-0.4, -0.2) is 40.7 Å². The Morgan fingerprint density at radius 1 is 0.841 bits per heavy atom. The van der Waals surface area contributed by atoms with Crippen LogP contribution in [0.4, 0.5) is 21.0 Å². The van der Waals surface area contributed by atoms with Gasteiger partial charge in [0.2, 0.25) is 0 Å². The van der Waals surface area contributed by atoms with Gasteiger partial charge in [-0.3, -0.25) is 15.4 Å². The van der Waals surface area contributed by atoms with Crippen LogP contribution < -0.4 is 24.4 Å². The number of nitrogens with one attached hydrogen (secondary N) is 2. The van der Waals surface area contributed by atoms with Crippen LogP contribution in [0.1, 0.15) is 11.1 Å². The molecule has 0 aromatic heterocycles. The Balaban J connectivity index is 1.60. The first-order valence-electron chi connectivity index (χ1n) is 12.8. The smallest absolute Gasteiger partial charge is 0.417 e. The predicted molar refractivity (Wildman–Crippen MR) is 163 cm³/mol. The standard InChI is InChI=1S/C30H23Cl2N3O8S/c1-41-25-17-19(33-28(37)43-20-8-4-3-5-9-20)13-15-26(25)44(39,40)35-24-14-12-18(31)16-22(24)30(27(35)36,34-29(38)42-2)21-10-6-7-11-23(21)32/h3-17H,1-2H3,(H,33,37)(H,34,38). The molecule has 44 heavy (non-hydrogen) atoms. The van der Waals surface area contributed by atoms with Gasteiger partial charge in [0.05, 0.1) is 19.9 Å². The highest BCUT2D eigenvalue weighted by atomic mass is 35.5. The lowest BCUT2D eigenvalue weighted by molar-refractivity contribution is -0.121. The monoisotopic (exact) mass is 655 g/mol. The molecule has 0 saturated heterocycles. The van der Waals surface area contributed by atoms with E-state index in [9.17, 15) is 22.8 Å². The molecule has 3 amide bonds. The number of fused-ring (bicyclic) bond motifs is 1. The number of methoxy groups -OCH3 is 2. The van der Waals surface area contributed by atoms with Crippen molar-refractivity contribution in [3.8, 4) is 11.5 Å². The van der Waals surface area contributed by atoms with E-state index in [4.69, 9.17) is 37.4 Å². The number of halogens is 2. The fraction of sp³-hybridized carbons (Fsp3) is 0.100. The third kappa shape index (κ3) is 5.39. The van der Waals surface area contributed by atoms with E-state index >= 15 is 0 Å². The van der Waals surface area contributed by atoms with Crippen molar-refractivity contribution in [3.63, 3.8) is 0 Å². The first kappa shape index (κ1) is 30.7. The Bertz CT molecular complexity index is 1890. The van der Waals surface area contributed by atoms with E-state index < -0.39 is 38.6 Å². The number of sulfonamides is 1. The Morgan fingerprint density at radius 2 is 1.55 bits per heavy atom. The van der Waals surface area contributed by atoms with Crippen molar-refractivity contribution in [2.75, 3.05) is 23.8 Å². The quantitative estimate of drug-likeness (QED) is 0.249. The molecule has 1 aliphatic heterocycles. The van der Waals surface area contributed by atoms with Crippen LogP contribution in [0.5, 0.6) is 11.5 Å². The summed E-state index contributed by atoms with van der Waals surface area (Å²) in [5.74, 6) is -0.976. The highest BCUT2D eigenvalue weighted by Gasteiger charge is 2.58. The molecule has 226 valence electrons. The van der Waals surface area contributed by atoms with E-state index in [1.165, 1.54) is 55.6 Å². The summed E-state index contributed by atoms with van der Waals surface area (Å²) in [7, 11) is -2.42. The number of alkyl carbamates (subject to hydrolysis) is 1. The molecule has 4 aromatic rings. The van der Waals surface area contributed by atoms with Gasteiger partial charge in [-0.25, -0.2) is 18.0 Å². The topological polar surface area (TPSA) is 140 Å². The second-order valence-corrected chi connectivity index (χ2v) is 11.9. The first-order chi connectivity index (χ1) is 21.0. The lowest BCUT2D eigenvalue weighted by atomic mass is 9.84. The number of rotatable bonds is 7. The molecule has 0 saturated carbocycles. The molecule has 0 spiro atoms. The molecule has 1 unspecified atom stereocenters. The second-order valence-electron chi connectivity index (χ2n) is 9.28. The van der Waals surface area contributed by atoms with Crippen LogP contribution in [0, 0.1) is 0 Å². The van der Waals surface area contributed by atoms with Crippen molar-refractivity contribution < 1.29 is 37.0 Å². The molecule has 0 aliphatic carbocycles. The number of benzene rings is 4. The van der Waals surface area contributed by atoms with Gasteiger partial charge in [-0.05, 0) is 48.5 Å². The van der Waals surface area contributed by atoms with Gasteiger partial charge in [0.15, 0.2) is 5.54 Å². The summed E-state index contributed by atoms with van der Waals surface area (Å²) in [5, 5.41) is 5.25. The third-order valence-electron chi connectivity index (χ3n) is 6.72. The van der Waals surface area contributed by atoms with Crippen molar-refractivity contribution in [2.24, 2.45) is 0 Å². The molecular formula is C30H23Cl2N3O8S. The number of ether oxygens (including phenoxy) is 3. The second kappa shape index (κ2) is 12.1. The molecular weight excluding hydrogens is 633 g/mol. The van der Waals surface area contributed by atoms with Gasteiger partial charge in [0.1, 0.15) is 16.4 Å². The van der Waals surface area contributed by atoms with Gasteiger partial charge in [-0.1, -0.05) is 59.6 Å². The van der Waals surface area contributed by atoms with Gasteiger partial charge in [0, 0.05) is 32.9 Å². The normalized spacial score (nSPS) is 15.7. The van der Waals surface area contributed by atoms with Crippen molar-refractivity contribution in [1.82, 2.24) is 5.32 Å². The van der Waals surface area contributed by atoms with Crippen molar-refractivity contribution >= 4 is 62.7 Å². The zero-order valence-electron chi connectivity index (χ0n) is 23.0. The van der Waals surface area contributed by atoms with Crippen LogP contribution >= 0.6 is 23.2 Å². The summed E-state index contributed by atoms with van der Waals surface area (Å²) in [6.45, 7) is 0. The third-order valence-corrected chi connectivity index (χ3v) is 9.02. The molecule has 0 fully saturated rings. The van der Waals surface area contributed by atoms with Crippen LogP contribution in [0.25, 0.3) is 0 Å². The number of para-hydroxylation sites is 1. The van der Waals surface area contributed by atoms with Crippen LogP contribution in [0.15, 0.2) is 95.9 Å². The van der Waals surface area contributed by atoms with Gasteiger partial charge in [0.25, 0.3) is 15.9 Å². The molecule has 2 N–H and O–H groups in total. The maximum atomic E-state index is 14.5. The molecule has 14 heteroatoms. The molecule has 1 atom stereocenters. The summed E-state index contributed by atoms with van der Waals surface area (Å²) >= 11 is 12.8. The average molecular weight is 657 g/mol. The molecule has 0 bridgehead atoms. The molecule has 1 heterocycles. The van der Waals surface area contributed by atoms with Gasteiger partial charge < -0.3 is 14.2 Å². The van der Waals surface area contributed by atoms with Gasteiger partial charge in [-0.15, -0.1) is 0 Å². The average Bonchev–Trinajstić information content (AvgIpc) is 3.25. The maximum absolute atomic E-state index is 14.5. The summed E-state index contributed by atoms with van der Waals surface area (Å²) in [4.78, 5) is 39.1. The summed E-state index contributed by atoms with van der Waals surface area (Å²) < 4.78 is 44.6.